The molecule has 2 atom stereocenters. The number of hydrogen-bond donors (Lipinski definition) is 1. The van der Waals surface area contributed by atoms with E-state index in [1.165, 1.54) is 12.8 Å². The molecule has 8 heteroatoms. The number of hydrogen-bond acceptors (Lipinski definition) is 5. The quantitative estimate of drug-likeness (QED) is 0.328. The SMILES string of the molecule is CCCC.CCCC(C)C1(CC)C(=O)N=C([O-])NC1=O.CCOC(C)OCC.[Na+]. The number of carbonyl (C=O) groups is 2. The minimum Gasteiger partial charge on any atom is -0.846 e. The first kappa shape index (κ1) is 33.2. The number of ether oxygens (including phenoxy) is 2. The first-order chi connectivity index (χ1) is 13.2. The van der Waals surface area contributed by atoms with Crippen LogP contribution >= 0.6 is 0 Å². The van der Waals surface area contributed by atoms with E-state index in [0.717, 1.165) is 26.1 Å². The Kier molecular flexibility index (Phi) is 22.3. The average Bonchev–Trinajstić information content (AvgIpc) is 2.63. The first-order valence-corrected chi connectivity index (χ1v) is 10.6. The zero-order chi connectivity index (χ0) is 22.2. The van der Waals surface area contributed by atoms with Gasteiger partial charge in [-0.1, -0.05) is 53.9 Å². The molecule has 1 N–H and O–H groups in total. The predicted molar refractivity (Wildman–Crippen MR) is 111 cm³/mol. The molecule has 7 nitrogen and oxygen atoms in total. The molecule has 1 rings (SSSR count). The summed E-state index contributed by atoms with van der Waals surface area (Å²) < 4.78 is 10.1. The predicted octanol–water partition coefficient (Wildman–Crippen LogP) is 0.408. The standard InChI is InChI=1S/C11H18N2O3.C6H14O2.C4H10.Na/c1-4-6-7(3)11(5-2)8(14)12-10(16)13-9(11)15;1-4-7-6(3)8-5-2;1-3-4-2;/h7H,4-6H2,1-3H3,(H2,12,13,14,15,16);6H,4-5H2,1-3H3;3-4H2,1-2H3;/q;;;+1/p-1. The van der Waals surface area contributed by atoms with Gasteiger partial charge < -0.3 is 19.9 Å². The van der Waals surface area contributed by atoms with Gasteiger partial charge >= 0.3 is 29.6 Å². The Morgan fingerprint density at radius 1 is 0.966 bits per heavy atom. The first-order valence-electron chi connectivity index (χ1n) is 10.6. The molecule has 0 aromatic carbocycles. The number of rotatable bonds is 9. The third-order valence-corrected chi connectivity index (χ3v) is 4.63. The van der Waals surface area contributed by atoms with Gasteiger partial charge in [-0.25, -0.2) is 4.99 Å². The number of nitrogens with zero attached hydrogens (tertiary/aromatic N) is 1. The number of aliphatic imine (C=N–C) groups is 1. The molecule has 166 valence electrons. The van der Waals surface area contributed by atoms with Gasteiger partial charge in [-0.15, -0.1) is 0 Å². The normalized spacial score (nSPS) is 19.0. The number of amidine groups is 1. The molecule has 0 spiro atoms. The Bertz CT molecular complexity index is 466. The molecular formula is C21H41N2NaO5. The Labute approximate surface area is 199 Å². The summed E-state index contributed by atoms with van der Waals surface area (Å²) in [4.78, 5) is 27.1. The van der Waals surface area contributed by atoms with Crippen LogP contribution in [0.4, 0.5) is 0 Å². The number of amides is 2. The van der Waals surface area contributed by atoms with E-state index in [-0.39, 0.29) is 41.8 Å². The van der Waals surface area contributed by atoms with Crippen LogP contribution in [-0.2, 0) is 19.1 Å². The van der Waals surface area contributed by atoms with Gasteiger partial charge in [-0.3, -0.25) is 9.59 Å². The van der Waals surface area contributed by atoms with E-state index in [1.54, 1.807) is 6.92 Å². The van der Waals surface area contributed by atoms with E-state index in [0.29, 0.717) is 6.42 Å². The molecule has 0 saturated carbocycles. The summed E-state index contributed by atoms with van der Waals surface area (Å²) in [6.45, 7) is 17.2. The van der Waals surface area contributed by atoms with Crippen molar-refractivity contribution < 1.29 is 53.7 Å². The van der Waals surface area contributed by atoms with Gasteiger partial charge in [0.05, 0.1) is 6.02 Å². The second-order valence-corrected chi connectivity index (χ2v) is 6.67. The van der Waals surface area contributed by atoms with Crippen molar-refractivity contribution >= 4 is 17.8 Å². The average molecular weight is 425 g/mol. The van der Waals surface area contributed by atoms with Crippen LogP contribution in [0.15, 0.2) is 4.99 Å². The van der Waals surface area contributed by atoms with Crippen LogP contribution in [0.5, 0.6) is 0 Å². The molecule has 1 aliphatic rings. The fourth-order valence-electron chi connectivity index (χ4n) is 2.82. The van der Waals surface area contributed by atoms with Crippen molar-refractivity contribution in [3.63, 3.8) is 0 Å². The number of unbranched alkanes of at least 4 members (excludes halogenated alkanes) is 1. The smallest absolute Gasteiger partial charge is 0.846 e. The van der Waals surface area contributed by atoms with Gasteiger partial charge in [0.25, 0.3) is 5.91 Å². The molecule has 1 heterocycles. The fourth-order valence-corrected chi connectivity index (χ4v) is 2.82. The topological polar surface area (TPSA) is 100 Å². The molecule has 0 saturated heterocycles. The molecule has 2 amide bonds. The maximum atomic E-state index is 11.9. The molecule has 0 aliphatic carbocycles. The molecule has 0 aromatic heterocycles. The maximum Gasteiger partial charge on any atom is 1.00 e. The second-order valence-electron chi connectivity index (χ2n) is 6.67. The van der Waals surface area contributed by atoms with Crippen molar-refractivity contribution in [2.75, 3.05) is 13.2 Å². The van der Waals surface area contributed by atoms with E-state index < -0.39 is 23.3 Å². The zero-order valence-electron chi connectivity index (χ0n) is 20.1. The van der Waals surface area contributed by atoms with E-state index in [9.17, 15) is 14.7 Å². The van der Waals surface area contributed by atoms with Crippen molar-refractivity contribution in [2.45, 2.75) is 93.8 Å². The molecule has 1 aliphatic heterocycles. The van der Waals surface area contributed by atoms with Crippen LogP contribution in [0.25, 0.3) is 0 Å². The third-order valence-electron chi connectivity index (χ3n) is 4.63. The van der Waals surface area contributed by atoms with Gasteiger partial charge in [-0.05, 0) is 39.5 Å². The van der Waals surface area contributed by atoms with E-state index in [1.807, 2.05) is 34.6 Å². The van der Waals surface area contributed by atoms with Gasteiger partial charge in [0.1, 0.15) is 5.41 Å². The summed E-state index contributed by atoms with van der Waals surface area (Å²) in [6.07, 6.45) is 4.62. The van der Waals surface area contributed by atoms with E-state index >= 15 is 0 Å². The molecule has 2 unspecified atom stereocenters. The molecule has 0 aromatic rings. The third kappa shape index (κ3) is 12.1. The molecular weight excluding hydrogens is 383 g/mol. The van der Waals surface area contributed by atoms with Crippen LogP contribution < -0.4 is 40.0 Å². The van der Waals surface area contributed by atoms with Gasteiger partial charge in [0.2, 0.25) is 5.91 Å². The zero-order valence-corrected chi connectivity index (χ0v) is 22.1. The number of nitrogens with one attached hydrogen (secondary N) is 1. The van der Waals surface area contributed by atoms with Crippen LogP contribution in [0.3, 0.4) is 0 Å². The fraction of sp³-hybridized carbons (Fsp3) is 0.857. The van der Waals surface area contributed by atoms with Gasteiger partial charge in [0.15, 0.2) is 6.29 Å². The van der Waals surface area contributed by atoms with Crippen LogP contribution in [0, 0.1) is 11.3 Å². The minimum absolute atomic E-state index is 0. The van der Waals surface area contributed by atoms with Crippen molar-refractivity contribution in [1.82, 2.24) is 5.32 Å². The minimum atomic E-state index is -1.15. The van der Waals surface area contributed by atoms with Crippen molar-refractivity contribution in [3.8, 4) is 0 Å². The largest absolute Gasteiger partial charge is 1.00 e. The van der Waals surface area contributed by atoms with Crippen molar-refractivity contribution in [2.24, 2.45) is 16.3 Å². The Morgan fingerprint density at radius 2 is 1.45 bits per heavy atom. The van der Waals surface area contributed by atoms with Crippen molar-refractivity contribution in [3.05, 3.63) is 0 Å². The Hall–Kier alpha value is -0.470. The summed E-state index contributed by atoms with van der Waals surface area (Å²) in [7, 11) is 0. The molecule has 29 heavy (non-hydrogen) atoms. The second kappa shape index (κ2) is 19.5. The summed E-state index contributed by atoms with van der Waals surface area (Å²) in [6, 6.07) is -0.845. The Morgan fingerprint density at radius 3 is 1.76 bits per heavy atom. The monoisotopic (exact) mass is 424 g/mol. The summed E-state index contributed by atoms with van der Waals surface area (Å²) in [5.41, 5.74) is -1.15. The van der Waals surface area contributed by atoms with Crippen LogP contribution in [-0.4, -0.2) is 37.3 Å². The maximum absolute atomic E-state index is 11.9. The number of carbonyl (C=O) groups excluding carboxylic acids is 2. The van der Waals surface area contributed by atoms with Crippen LogP contribution in [0.1, 0.15) is 87.5 Å². The van der Waals surface area contributed by atoms with Gasteiger partial charge in [0, 0.05) is 13.2 Å². The van der Waals surface area contributed by atoms with Crippen LogP contribution in [0.2, 0.25) is 0 Å². The van der Waals surface area contributed by atoms with E-state index in [2.05, 4.69) is 24.2 Å². The van der Waals surface area contributed by atoms with Crippen molar-refractivity contribution in [1.29, 1.82) is 0 Å². The molecule has 0 bridgehead atoms. The Balaban J connectivity index is -0.000000438. The van der Waals surface area contributed by atoms with E-state index in [4.69, 9.17) is 9.47 Å². The molecule has 0 radical (unpaired) electrons. The summed E-state index contributed by atoms with van der Waals surface area (Å²) in [5.74, 6) is -1.20. The van der Waals surface area contributed by atoms with Gasteiger partial charge in [-0.2, -0.15) is 0 Å². The summed E-state index contributed by atoms with van der Waals surface area (Å²) >= 11 is 0. The summed E-state index contributed by atoms with van der Waals surface area (Å²) in [5, 5.41) is 13.1. The molecule has 0 fully saturated rings.